The van der Waals surface area contributed by atoms with Gasteiger partial charge in [0, 0.05) is 19.6 Å². The molecule has 6 heteroatoms. The van der Waals surface area contributed by atoms with Gasteiger partial charge in [-0.1, -0.05) is 26.0 Å². The molecule has 6 nitrogen and oxygen atoms in total. The first-order valence-corrected chi connectivity index (χ1v) is 9.49. The SMILES string of the molecule is CC(C)CCOc1ccc(CCNC(=O)C2CCCN(C(N)=O)C2)cc1. The van der Waals surface area contributed by atoms with E-state index in [4.69, 9.17) is 10.5 Å². The first-order chi connectivity index (χ1) is 12.5. The molecule has 1 saturated heterocycles. The maximum Gasteiger partial charge on any atom is 0.314 e. The normalized spacial score (nSPS) is 17.2. The zero-order valence-corrected chi connectivity index (χ0v) is 15.9. The van der Waals surface area contributed by atoms with Gasteiger partial charge in [0.05, 0.1) is 12.5 Å². The van der Waals surface area contributed by atoms with Gasteiger partial charge in [-0.3, -0.25) is 4.79 Å². The molecule has 3 N–H and O–H groups in total. The van der Waals surface area contributed by atoms with Crippen LogP contribution in [0.2, 0.25) is 0 Å². The summed E-state index contributed by atoms with van der Waals surface area (Å²) in [4.78, 5) is 25.1. The van der Waals surface area contributed by atoms with Gasteiger partial charge in [-0.15, -0.1) is 0 Å². The van der Waals surface area contributed by atoms with E-state index in [0.29, 0.717) is 25.6 Å². The first kappa shape index (κ1) is 20.1. The average Bonchev–Trinajstić information content (AvgIpc) is 2.62. The molecule has 0 spiro atoms. The third-order valence-electron chi connectivity index (χ3n) is 4.70. The van der Waals surface area contributed by atoms with Gasteiger partial charge in [-0.25, -0.2) is 4.79 Å². The minimum Gasteiger partial charge on any atom is -0.494 e. The fourth-order valence-corrected chi connectivity index (χ4v) is 3.03. The Morgan fingerprint density at radius 3 is 2.69 bits per heavy atom. The number of nitrogens with one attached hydrogen (secondary N) is 1. The maximum atomic E-state index is 12.3. The number of benzene rings is 1. The standard InChI is InChI=1S/C20H31N3O3/c1-15(2)10-13-26-18-7-5-16(6-8-18)9-11-22-19(24)17-4-3-12-23(14-17)20(21)25/h5-8,15,17H,3-4,9-14H2,1-2H3,(H2,21,25)(H,22,24). The zero-order chi connectivity index (χ0) is 18.9. The van der Waals surface area contributed by atoms with Crippen LogP contribution in [0, 0.1) is 11.8 Å². The second kappa shape index (κ2) is 10.0. The van der Waals surface area contributed by atoms with Crippen molar-refractivity contribution in [1.82, 2.24) is 10.2 Å². The summed E-state index contributed by atoms with van der Waals surface area (Å²) in [6.07, 6.45) is 3.43. The number of nitrogens with two attached hydrogens (primary N) is 1. The second-order valence-corrected chi connectivity index (χ2v) is 7.34. The van der Waals surface area contributed by atoms with Crippen LogP contribution in [0.1, 0.15) is 38.7 Å². The molecule has 1 heterocycles. The highest BCUT2D eigenvalue weighted by atomic mass is 16.5. The quantitative estimate of drug-likeness (QED) is 0.746. The number of urea groups is 1. The number of likely N-dealkylation sites (tertiary alicyclic amines) is 1. The van der Waals surface area contributed by atoms with Crippen LogP contribution >= 0.6 is 0 Å². The van der Waals surface area contributed by atoms with E-state index in [1.54, 1.807) is 4.90 Å². The van der Waals surface area contributed by atoms with Gasteiger partial charge in [-0.05, 0) is 49.3 Å². The average molecular weight is 361 g/mol. The van der Waals surface area contributed by atoms with Crippen molar-refractivity contribution in [3.63, 3.8) is 0 Å². The summed E-state index contributed by atoms with van der Waals surface area (Å²) in [6, 6.07) is 7.57. The molecule has 0 aromatic heterocycles. The number of nitrogens with zero attached hydrogens (tertiary/aromatic N) is 1. The number of ether oxygens (including phenoxy) is 1. The van der Waals surface area contributed by atoms with Gasteiger partial charge in [0.2, 0.25) is 5.91 Å². The Labute approximate surface area is 156 Å². The topological polar surface area (TPSA) is 84.7 Å². The fraction of sp³-hybridized carbons (Fsp3) is 0.600. The highest BCUT2D eigenvalue weighted by Gasteiger charge is 2.27. The molecule has 3 amide bonds. The highest BCUT2D eigenvalue weighted by molar-refractivity contribution is 5.80. The van der Waals surface area contributed by atoms with Crippen LogP contribution < -0.4 is 15.8 Å². The third-order valence-corrected chi connectivity index (χ3v) is 4.70. The summed E-state index contributed by atoms with van der Waals surface area (Å²) in [5.74, 6) is 1.36. The van der Waals surface area contributed by atoms with Crippen molar-refractivity contribution < 1.29 is 14.3 Å². The predicted molar refractivity (Wildman–Crippen MR) is 102 cm³/mol. The number of carbonyl (C=O) groups excluding carboxylic acids is 2. The molecule has 144 valence electrons. The lowest BCUT2D eigenvalue weighted by Gasteiger charge is -2.30. The number of hydrogen-bond acceptors (Lipinski definition) is 3. The van der Waals surface area contributed by atoms with E-state index >= 15 is 0 Å². The molecule has 1 aliphatic rings. The third kappa shape index (κ3) is 6.58. The predicted octanol–water partition coefficient (Wildman–Crippen LogP) is 2.56. The number of amides is 3. The van der Waals surface area contributed by atoms with E-state index < -0.39 is 6.03 Å². The Hall–Kier alpha value is -2.24. The molecule has 1 unspecified atom stereocenters. The minimum atomic E-state index is -0.446. The molecule has 1 atom stereocenters. The minimum absolute atomic E-state index is 0.00425. The van der Waals surface area contributed by atoms with E-state index in [0.717, 1.165) is 43.6 Å². The zero-order valence-electron chi connectivity index (χ0n) is 15.9. The summed E-state index contributed by atoms with van der Waals surface area (Å²) in [6.45, 7) is 6.74. The summed E-state index contributed by atoms with van der Waals surface area (Å²) in [5, 5.41) is 2.97. The molecule has 0 aliphatic carbocycles. The Morgan fingerprint density at radius 2 is 2.04 bits per heavy atom. The van der Waals surface area contributed by atoms with Gasteiger partial charge >= 0.3 is 6.03 Å². The van der Waals surface area contributed by atoms with Gasteiger partial charge in [0.15, 0.2) is 0 Å². The molecular formula is C20H31N3O3. The van der Waals surface area contributed by atoms with E-state index in [9.17, 15) is 9.59 Å². The lowest BCUT2D eigenvalue weighted by atomic mass is 9.97. The fourth-order valence-electron chi connectivity index (χ4n) is 3.03. The smallest absolute Gasteiger partial charge is 0.314 e. The van der Waals surface area contributed by atoms with Crippen molar-refractivity contribution >= 4 is 11.9 Å². The van der Waals surface area contributed by atoms with Crippen LogP contribution in [0.15, 0.2) is 24.3 Å². The van der Waals surface area contributed by atoms with Crippen LogP contribution in [0.4, 0.5) is 4.79 Å². The molecular weight excluding hydrogens is 330 g/mol. The largest absolute Gasteiger partial charge is 0.494 e. The number of hydrogen-bond donors (Lipinski definition) is 2. The Bertz CT molecular complexity index is 586. The Kier molecular flexibility index (Phi) is 7.75. The lowest BCUT2D eigenvalue weighted by molar-refractivity contribution is -0.126. The molecule has 0 bridgehead atoms. The van der Waals surface area contributed by atoms with Gasteiger partial charge in [0.25, 0.3) is 0 Å². The molecule has 26 heavy (non-hydrogen) atoms. The van der Waals surface area contributed by atoms with Crippen molar-refractivity contribution in [1.29, 1.82) is 0 Å². The number of carbonyl (C=O) groups is 2. The molecule has 1 fully saturated rings. The Balaban J connectivity index is 1.70. The van der Waals surface area contributed by atoms with E-state index in [1.807, 2.05) is 24.3 Å². The van der Waals surface area contributed by atoms with Crippen LogP contribution in [0.3, 0.4) is 0 Å². The van der Waals surface area contributed by atoms with Crippen LogP contribution in [-0.4, -0.2) is 43.1 Å². The van der Waals surface area contributed by atoms with Crippen LogP contribution in [0.5, 0.6) is 5.75 Å². The van der Waals surface area contributed by atoms with Crippen molar-refractivity contribution in [3.05, 3.63) is 29.8 Å². The number of rotatable bonds is 8. The molecule has 0 saturated carbocycles. The molecule has 1 aromatic carbocycles. The monoisotopic (exact) mass is 361 g/mol. The molecule has 1 aliphatic heterocycles. The summed E-state index contributed by atoms with van der Waals surface area (Å²) in [7, 11) is 0. The number of primary amides is 1. The second-order valence-electron chi connectivity index (χ2n) is 7.34. The molecule has 2 rings (SSSR count). The van der Waals surface area contributed by atoms with Crippen molar-refractivity contribution in [3.8, 4) is 5.75 Å². The number of piperidine rings is 1. The highest BCUT2D eigenvalue weighted by Crippen LogP contribution is 2.17. The first-order valence-electron chi connectivity index (χ1n) is 9.49. The van der Waals surface area contributed by atoms with E-state index in [2.05, 4.69) is 19.2 Å². The van der Waals surface area contributed by atoms with E-state index in [1.165, 1.54) is 0 Å². The van der Waals surface area contributed by atoms with Crippen molar-refractivity contribution in [2.75, 3.05) is 26.2 Å². The van der Waals surface area contributed by atoms with Crippen molar-refractivity contribution in [2.45, 2.75) is 39.5 Å². The van der Waals surface area contributed by atoms with Gasteiger partial charge < -0.3 is 20.7 Å². The summed E-state index contributed by atoms with van der Waals surface area (Å²) < 4.78 is 5.71. The van der Waals surface area contributed by atoms with Crippen molar-refractivity contribution in [2.24, 2.45) is 17.6 Å². The van der Waals surface area contributed by atoms with Gasteiger partial charge in [-0.2, -0.15) is 0 Å². The summed E-state index contributed by atoms with van der Waals surface area (Å²) >= 11 is 0. The van der Waals surface area contributed by atoms with Crippen LogP contribution in [0.25, 0.3) is 0 Å². The summed E-state index contributed by atoms with van der Waals surface area (Å²) in [5.41, 5.74) is 6.46. The molecule has 1 aromatic rings. The van der Waals surface area contributed by atoms with Gasteiger partial charge in [0.1, 0.15) is 5.75 Å². The van der Waals surface area contributed by atoms with Crippen LogP contribution in [-0.2, 0) is 11.2 Å². The lowest BCUT2D eigenvalue weighted by Crippen LogP contribution is -2.47. The maximum absolute atomic E-state index is 12.3. The molecule has 0 radical (unpaired) electrons. The Morgan fingerprint density at radius 1 is 1.31 bits per heavy atom. The van der Waals surface area contributed by atoms with E-state index in [-0.39, 0.29) is 11.8 Å².